The van der Waals surface area contributed by atoms with E-state index in [1.54, 1.807) is 0 Å². The van der Waals surface area contributed by atoms with E-state index in [9.17, 15) is 62.6 Å². The minimum absolute atomic E-state index is 0.327. The Morgan fingerprint density at radius 3 is 0.815 bits per heavy atom. The van der Waals surface area contributed by atoms with E-state index in [4.69, 9.17) is 90.0 Å². The van der Waals surface area contributed by atoms with E-state index in [0.29, 0.717) is 0 Å². The highest BCUT2D eigenvalue weighted by Crippen LogP contribution is 2.40. The molecule has 4 saturated heterocycles. The highest BCUT2D eigenvalue weighted by atomic mass is 79.9. The molecule has 4 heterocycles. The maximum atomic E-state index is 13.2. The van der Waals surface area contributed by atoms with Crippen LogP contribution in [-0.2, 0) is 148 Å². The molecule has 456 valence electrons. The van der Waals surface area contributed by atoms with Gasteiger partial charge in [0.2, 0.25) is 0 Å². The normalized spacial score (nSPS) is 33.6. The fourth-order valence-electron chi connectivity index (χ4n) is 8.85. The summed E-state index contributed by atoms with van der Waals surface area (Å²) in [7, 11) is 0. The smallest absolute Gasteiger partial charge is 0.303 e. The average molecular weight is 1230 g/mol. The van der Waals surface area contributed by atoms with Crippen molar-refractivity contribution in [3.05, 3.63) is 0 Å². The van der Waals surface area contributed by atoms with Crippen LogP contribution in [0, 0.1) is 0 Å². The molecule has 0 aromatic heterocycles. The molecule has 9 unspecified atom stereocenters. The van der Waals surface area contributed by atoms with E-state index >= 15 is 0 Å². The quantitative estimate of drug-likeness (QED) is 0.0732. The van der Waals surface area contributed by atoms with Crippen LogP contribution in [0.25, 0.3) is 0 Å². The number of hydrogen-bond acceptors (Lipinski definition) is 32. The summed E-state index contributed by atoms with van der Waals surface area (Å²) < 4.78 is 110. The number of hydrogen-bond donors (Lipinski definition) is 1. The van der Waals surface area contributed by atoms with Crippen molar-refractivity contribution in [2.24, 2.45) is 0 Å². The SMILES string of the molecule is CC(=O)OCC1OC(O)C(OC(C)=O)[C@@H](OC(C)=O)[C@H]1O[C@@H]1OC(CBr)[C@H](O[C@@H]2OC(COC(C)=O)[C@H](O[C@@H]3OC(COC(C)=O)[C@H](OC(C)=O)[C@H](OC(C)=O)C3OC(C)=O)[C@H](OC(C)=O)C2OC(C)=O)[C@H](OC(C)=O)C1OC(C)=O. The predicted octanol–water partition coefficient (Wildman–Crippen LogP) is -1.50. The monoisotopic (exact) mass is 1230 g/mol. The summed E-state index contributed by atoms with van der Waals surface area (Å²) >= 11 is 3.32. The lowest BCUT2D eigenvalue weighted by atomic mass is 9.95. The van der Waals surface area contributed by atoms with E-state index in [1.165, 1.54) is 0 Å². The zero-order valence-electron chi connectivity index (χ0n) is 45.9. The van der Waals surface area contributed by atoms with E-state index in [0.717, 1.165) is 83.1 Å². The van der Waals surface area contributed by atoms with Gasteiger partial charge in [0.1, 0.15) is 62.5 Å². The van der Waals surface area contributed by atoms with Crippen LogP contribution in [0.15, 0.2) is 0 Å². The van der Waals surface area contributed by atoms with Gasteiger partial charge in [-0.25, -0.2) is 0 Å². The Morgan fingerprint density at radius 1 is 0.296 bits per heavy atom. The van der Waals surface area contributed by atoms with Gasteiger partial charge in [-0.15, -0.1) is 0 Å². The van der Waals surface area contributed by atoms with Crippen molar-refractivity contribution in [2.75, 3.05) is 25.2 Å². The molecular weight excluding hydrogens is 1170 g/mol. The van der Waals surface area contributed by atoms with Gasteiger partial charge in [0.25, 0.3) is 0 Å². The molecule has 0 bridgehead atoms. The maximum absolute atomic E-state index is 13.2. The first-order valence-corrected chi connectivity index (χ1v) is 25.8. The molecule has 4 rings (SSSR count). The number of halogens is 1. The highest BCUT2D eigenvalue weighted by Gasteiger charge is 2.61. The van der Waals surface area contributed by atoms with Crippen LogP contribution in [0.5, 0.6) is 0 Å². The van der Waals surface area contributed by atoms with Crippen LogP contribution in [0.1, 0.15) is 83.1 Å². The molecule has 4 aliphatic rings. The van der Waals surface area contributed by atoms with Gasteiger partial charge in [0.05, 0.1) is 0 Å². The topological polar surface area (TPSA) is 400 Å². The third-order valence-corrected chi connectivity index (χ3v) is 12.1. The standard InChI is InChI=1S/C48H65BrO32/c1-17(50)63-14-30-35(37(67-21(5)54)41(45(62)75-30)71-25(9)58)80-46-42(72-26(10)59)38(68-22(6)55)33(29(13-49)76-46)79-47-44(74-28(12)61)40(70-24(8)57)36(32(78-47)16-65-19(3)52)81-48-43(73-27(11)60)39(69-23(7)56)34(66-20(4)53)31(77-48)15-64-18(2)51/h29-48,62H,13-16H2,1-12H3/t29?,30?,31?,32?,33-,34-,35-,36-,37-,38-,39-,40-,41?,42?,43?,44?,45?,46-,47-,48-/m0/s1. The maximum Gasteiger partial charge on any atom is 0.303 e. The molecule has 20 atom stereocenters. The molecular formula is C48H65BrO32. The molecule has 81 heavy (non-hydrogen) atoms. The largest absolute Gasteiger partial charge is 0.463 e. The van der Waals surface area contributed by atoms with Gasteiger partial charge in [0, 0.05) is 88.4 Å². The number of ether oxygens (including phenoxy) is 19. The second-order valence-corrected chi connectivity index (χ2v) is 18.9. The second kappa shape index (κ2) is 30.7. The molecule has 32 nitrogen and oxygen atoms in total. The van der Waals surface area contributed by atoms with Crippen molar-refractivity contribution >= 4 is 87.6 Å². The molecule has 0 saturated carbocycles. The molecule has 4 aliphatic heterocycles. The van der Waals surface area contributed by atoms with Crippen LogP contribution in [0.4, 0.5) is 0 Å². The minimum Gasteiger partial charge on any atom is -0.463 e. The Balaban J connectivity index is 1.91. The van der Waals surface area contributed by atoms with Crippen LogP contribution in [0.3, 0.4) is 0 Å². The third kappa shape index (κ3) is 19.7. The van der Waals surface area contributed by atoms with Crippen molar-refractivity contribution in [1.82, 2.24) is 0 Å². The predicted molar refractivity (Wildman–Crippen MR) is 255 cm³/mol. The summed E-state index contributed by atoms with van der Waals surface area (Å²) in [5, 5.41) is 10.7. The summed E-state index contributed by atoms with van der Waals surface area (Å²) in [5.41, 5.74) is 0. The van der Waals surface area contributed by atoms with Gasteiger partial charge in [-0.1, -0.05) is 15.9 Å². The number of carbonyl (C=O) groups is 12. The lowest BCUT2D eigenvalue weighted by Crippen LogP contribution is -2.69. The molecule has 0 aromatic rings. The molecule has 0 spiro atoms. The molecule has 0 aromatic carbocycles. The fraction of sp³-hybridized carbons (Fsp3) is 0.750. The number of carbonyl (C=O) groups excluding carboxylic acids is 12. The zero-order chi connectivity index (χ0) is 60.7. The molecule has 4 fully saturated rings. The number of aliphatic hydroxyl groups excluding tert-OH is 1. The summed E-state index contributed by atoms with van der Waals surface area (Å²) in [6, 6.07) is 0. The summed E-state index contributed by atoms with van der Waals surface area (Å²) in [6.45, 7) is 9.35. The molecule has 0 radical (unpaired) electrons. The van der Waals surface area contributed by atoms with Gasteiger partial charge in [0.15, 0.2) is 80.1 Å². The van der Waals surface area contributed by atoms with E-state index in [2.05, 4.69) is 15.9 Å². The van der Waals surface area contributed by atoms with Gasteiger partial charge in [-0.3, -0.25) is 57.5 Å². The fourth-order valence-corrected chi connectivity index (χ4v) is 9.37. The van der Waals surface area contributed by atoms with Crippen LogP contribution < -0.4 is 0 Å². The number of rotatable bonds is 22. The zero-order valence-corrected chi connectivity index (χ0v) is 47.4. The third-order valence-electron chi connectivity index (χ3n) is 11.5. The molecule has 33 heteroatoms. The number of alkyl halides is 1. The van der Waals surface area contributed by atoms with E-state index in [1.807, 2.05) is 0 Å². The highest BCUT2D eigenvalue weighted by molar-refractivity contribution is 9.09. The van der Waals surface area contributed by atoms with Crippen molar-refractivity contribution < 1.29 is 153 Å². The minimum atomic E-state index is -2.09. The number of esters is 12. The second-order valence-electron chi connectivity index (χ2n) is 18.2. The van der Waals surface area contributed by atoms with Crippen LogP contribution in [-0.4, -0.2) is 225 Å². The van der Waals surface area contributed by atoms with Crippen LogP contribution in [0.2, 0.25) is 0 Å². The summed E-state index contributed by atoms with van der Waals surface area (Å²) in [5.74, 6) is -12.0. The molecule has 0 aliphatic carbocycles. The Bertz CT molecular complexity index is 2290. The van der Waals surface area contributed by atoms with Crippen molar-refractivity contribution in [3.8, 4) is 0 Å². The lowest BCUT2D eigenvalue weighted by Gasteiger charge is -2.51. The Labute approximate surface area is 470 Å². The van der Waals surface area contributed by atoms with Gasteiger partial charge in [-0.05, 0) is 0 Å². The molecule has 0 amide bonds. The van der Waals surface area contributed by atoms with E-state index in [-0.39, 0.29) is 5.33 Å². The van der Waals surface area contributed by atoms with Gasteiger partial charge in [-0.2, -0.15) is 0 Å². The Kier molecular flexibility index (Phi) is 25.5. The van der Waals surface area contributed by atoms with Crippen molar-refractivity contribution in [1.29, 1.82) is 0 Å². The van der Waals surface area contributed by atoms with Crippen molar-refractivity contribution in [3.63, 3.8) is 0 Å². The summed E-state index contributed by atoms with van der Waals surface area (Å²) in [4.78, 5) is 152. The van der Waals surface area contributed by atoms with Crippen LogP contribution >= 0.6 is 15.9 Å². The first-order valence-electron chi connectivity index (χ1n) is 24.7. The van der Waals surface area contributed by atoms with Gasteiger partial charge < -0.3 is 95.1 Å². The summed E-state index contributed by atoms with van der Waals surface area (Å²) in [6.07, 6.45) is -36.9. The average Bonchev–Trinajstić information content (AvgIpc) is 3.33. The first kappa shape index (κ1) is 67.3. The van der Waals surface area contributed by atoms with E-state index < -0.39 is 214 Å². The van der Waals surface area contributed by atoms with Gasteiger partial charge >= 0.3 is 71.6 Å². The first-order chi connectivity index (χ1) is 37.9. The van der Waals surface area contributed by atoms with Crippen molar-refractivity contribution in [2.45, 2.75) is 206 Å². The Morgan fingerprint density at radius 2 is 0.519 bits per heavy atom. The lowest BCUT2D eigenvalue weighted by molar-refractivity contribution is -0.385. The molecule has 1 N–H and O–H groups in total. The number of aliphatic hydroxyl groups is 1. The Hall–Kier alpha value is -6.20.